The molecule has 4 bridgehead atoms. The predicted molar refractivity (Wildman–Crippen MR) is 519 cm³/mol. The lowest BCUT2D eigenvalue weighted by atomic mass is 9.53. The highest BCUT2D eigenvalue weighted by Gasteiger charge is 2.50. The highest BCUT2D eigenvalue weighted by molar-refractivity contribution is 5.83. The minimum Gasteiger partial charge on any atom is -0.493 e. The Hall–Kier alpha value is -8.64. The summed E-state index contributed by atoms with van der Waals surface area (Å²) in [5, 5.41) is 9.10. The van der Waals surface area contributed by atoms with E-state index < -0.39 is 0 Å². The smallest absolute Gasteiger partial charge is 0.136 e. The number of hydrogen-bond acceptors (Lipinski definition) is 4. The van der Waals surface area contributed by atoms with Crippen LogP contribution in [0.3, 0.4) is 0 Å². The molecule has 14 rings (SSSR count). The van der Waals surface area contributed by atoms with Crippen LogP contribution in [0.5, 0.6) is 17.2 Å². The maximum atomic E-state index is 9.10. The van der Waals surface area contributed by atoms with Crippen LogP contribution in [0, 0.1) is 75.1 Å². The van der Waals surface area contributed by atoms with E-state index in [0.717, 1.165) is 97.0 Å². The topological polar surface area (TPSA) is 47.9 Å². The number of benzene rings is 8. The molecule has 0 radical (unpaired) electrons. The molecule has 0 aromatic heterocycles. The second-order valence-electron chi connectivity index (χ2n) is 36.3. The molecule has 0 saturated heterocycles. The summed E-state index contributed by atoms with van der Waals surface area (Å²) in [5.41, 5.74) is 29.4. The van der Waals surface area contributed by atoms with E-state index in [-0.39, 0.29) is 23.7 Å². The Labute approximate surface area is 741 Å². The van der Waals surface area contributed by atoms with Crippen LogP contribution in [0.2, 0.25) is 0 Å². The number of ether oxygens (including phenoxy) is 3. The van der Waals surface area contributed by atoms with E-state index in [1.165, 1.54) is 357 Å². The SMILES string of the molecule is CC#Cc1c2c(c(C#Cc3cc(OCCCCCCCCCCCCCC)c(C)cc3CCCCCCCCCCCCCCO)c3c1C1c4ccccc4C3c3ccccc31)C1c3ccccc3C2c2ccccc21.CC#Cc1cc(OCCCCCCCCCCCCCCCC)c(C#Cc2cc(OCCCCCCCC)c(C)cc2C)cc1C. The maximum Gasteiger partial charge on any atom is 0.136 e. The highest BCUT2D eigenvalue weighted by atomic mass is 16.5. The van der Waals surface area contributed by atoms with E-state index in [9.17, 15) is 0 Å². The van der Waals surface area contributed by atoms with Gasteiger partial charge in [-0.05, 0) is 199 Å². The van der Waals surface area contributed by atoms with Gasteiger partial charge in [-0.2, -0.15) is 0 Å². The summed E-state index contributed by atoms with van der Waals surface area (Å²) < 4.78 is 19.3. The highest BCUT2D eigenvalue weighted by Crippen LogP contribution is 2.64. The first-order chi connectivity index (χ1) is 60.1. The average Bonchev–Trinajstić information content (AvgIpc) is 0.666. The molecule has 0 spiro atoms. The van der Waals surface area contributed by atoms with Gasteiger partial charge in [-0.3, -0.25) is 0 Å². The molecule has 1 N–H and O–H groups in total. The van der Waals surface area contributed by atoms with E-state index in [2.05, 4.69) is 229 Å². The molecule has 0 heterocycles. The zero-order valence-electron chi connectivity index (χ0n) is 77.3. The summed E-state index contributed by atoms with van der Waals surface area (Å²) in [4.78, 5) is 0. The van der Waals surface area contributed by atoms with Gasteiger partial charge in [-0.1, -0.05) is 416 Å². The van der Waals surface area contributed by atoms with E-state index in [0.29, 0.717) is 6.61 Å². The van der Waals surface area contributed by atoms with Gasteiger partial charge in [0.15, 0.2) is 0 Å². The maximum absolute atomic E-state index is 9.10. The number of aliphatic hydroxyl groups excluding tert-OH is 1. The van der Waals surface area contributed by atoms with Crippen LogP contribution in [-0.4, -0.2) is 31.5 Å². The molecule has 4 nitrogen and oxygen atoms in total. The molecule has 0 atom stereocenters. The number of rotatable bonds is 52. The van der Waals surface area contributed by atoms with Crippen LogP contribution in [0.25, 0.3) is 0 Å². The summed E-state index contributed by atoms with van der Waals surface area (Å²) >= 11 is 0. The zero-order chi connectivity index (χ0) is 85.3. The van der Waals surface area contributed by atoms with E-state index in [4.69, 9.17) is 19.3 Å². The first-order valence-electron chi connectivity index (χ1n) is 49.5. The monoisotopic (exact) mass is 1630 g/mol. The first-order valence-corrected chi connectivity index (χ1v) is 49.5. The third-order valence-electron chi connectivity index (χ3n) is 26.8. The van der Waals surface area contributed by atoms with Gasteiger partial charge >= 0.3 is 0 Å². The molecule has 0 saturated carbocycles. The Bertz CT molecular complexity index is 4610. The lowest BCUT2D eigenvalue weighted by Gasteiger charge is -2.48. The van der Waals surface area contributed by atoms with Crippen LogP contribution in [-0.2, 0) is 6.42 Å². The lowest BCUT2D eigenvalue weighted by molar-refractivity contribution is 0.282. The largest absolute Gasteiger partial charge is 0.493 e. The van der Waals surface area contributed by atoms with Crippen molar-refractivity contribution in [2.24, 2.45) is 0 Å². The summed E-state index contributed by atoms with van der Waals surface area (Å²) in [7, 11) is 0. The second-order valence-corrected chi connectivity index (χ2v) is 36.3. The Kier molecular flexibility index (Phi) is 40.2. The molecule has 4 heteroatoms. The standard InChI is InChI=1S/C74H86O2.C44H66O2/c1-4-6-7-8-9-10-11-16-19-22-25-36-50-76-66-52-55(54(51-53(66)3)38-26-23-20-17-14-12-13-15-18-21-24-35-49-75)47-48-65-73-69-60-43-31-27-39-56(60)67(57-40-28-32-44-61(57)69)71(73)64(37-5-2)72-68-58-41-29-33-45-62(58)70(74(65)72)63-46-34-30-42-59(63)68;1-7-10-12-14-16-17-18-19-20-21-22-23-25-27-32-46-44-36-40(28-9-3)38(5)34-42(44)30-29-41-35-43(39(6)33-37(41)4)45-31-26-24-15-13-11-8-2/h27-34,39-46,51-52,67-70,75H,4,6-26,35-36,38,49-50H2,1-3H3;33-36H,7-8,10-27,31-32H2,1-6H3. The van der Waals surface area contributed by atoms with Crippen molar-refractivity contribution >= 4 is 0 Å². The van der Waals surface area contributed by atoms with Crippen LogP contribution in [0.4, 0.5) is 0 Å². The average molecular weight is 1630 g/mol. The quantitative estimate of drug-likeness (QED) is 0.0305. The van der Waals surface area contributed by atoms with Crippen LogP contribution in [0.15, 0.2) is 133 Å². The lowest BCUT2D eigenvalue weighted by Crippen LogP contribution is -2.35. The Morgan fingerprint density at radius 2 is 0.525 bits per heavy atom. The molecule has 6 aliphatic carbocycles. The van der Waals surface area contributed by atoms with Crippen molar-refractivity contribution in [3.8, 4) is 64.6 Å². The van der Waals surface area contributed by atoms with Crippen molar-refractivity contribution in [1.29, 1.82) is 0 Å². The fraction of sp³-hybridized carbons (Fsp3) is 0.525. The minimum absolute atomic E-state index is 0.0640. The molecular formula is C118H152O4. The molecule has 6 aliphatic rings. The number of aliphatic hydroxyl groups is 1. The van der Waals surface area contributed by atoms with Gasteiger partial charge < -0.3 is 19.3 Å². The molecule has 8 aromatic carbocycles. The summed E-state index contributed by atoms with van der Waals surface area (Å²) in [5.74, 6) is 31.8. The fourth-order valence-corrected chi connectivity index (χ4v) is 20.1. The molecule has 0 fully saturated rings. The second kappa shape index (κ2) is 52.2. The number of hydrogen-bond donors (Lipinski definition) is 1. The van der Waals surface area contributed by atoms with Crippen LogP contribution in [0.1, 0.15) is 469 Å². The predicted octanol–water partition coefficient (Wildman–Crippen LogP) is 32.0. The fourth-order valence-electron chi connectivity index (χ4n) is 20.1. The third kappa shape index (κ3) is 26.2. The van der Waals surface area contributed by atoms with Gasteiger partial charge in [0, 0.05) is 58.1 Å². The third-order valence-corrected chi connectivity index (χ3v) is 26.8. The number of unbranched alkanes of at least 4 members (excludes halogenated alkanes) is 40. The Balaban J connectivity index is 0.000000271. The number of aryl methyl sites for hydroxylation is 5. The molecule has 8 aromatic rings. The molecule has 122 heavy (non-hydrogen) atoms. The van der Waals surface area contributed by atoms with Crippen molar-refractivity contribution in [2.45, 2.75) is 375 Å². The zero-order valence-corrected chi connectivity index (χ0v) is 77.3. The Morgan fingerprint density at radius 1 is 0.254 bits per heavy atom. The van der Waals surface area contributed by atoms with Crippen LogP contribution < -0.4 is 14.2 Å². The van der Waals surface area contributed by atoms with Crippen LogP contribution >= 0.6 is 0 Å². The van der Waals surface area contributed by atoms with E-state index >= 15 is 0 Å². The molecule has 648 valence electrons. The Morgan fingerprint density at radius 3 is 0.877 bits per heavy atom. The molecule has 0 aliphatic heterocycles. The van der Waals surface area contributed by atoms with Gasteiger partial charge in [0.2, 0.25) is 0 Å². The normalized spacial score (nSPS) is 14.3. The summed E-state index contributed by atoms with van der Waals surface area (Å²) in [6.07, 6.45) is 58.7. The first kappa shape index (κ1) is 94.0. The summed E-state index contributed by atoms with van der Waals surface area (Å²) in [6, 6.07) is 50.3. The van der Waals surface area contributed by atoms with Gasteiger partial charge in [-0.15, -0.1) is 11.8 Å². The van der Waals surface area contributed by atoms with Crippen molar-refractivity contribution in [3.63, 3.8) is 0 Å². The van der Waals surface area contributed by atoms with Gasteiger partial charge in [0.05, 0.1) is 25.4 Å². The van der Waals surface area contributed by atoms with E-state index in [1.54, 1.807) is 0 Å². The summed E-state index contributed by atoms with van der Waals surface area (Å²) in [6.45, 7) is 21.9. The molecule has 0 unspecified atom stereocenters. The van der Waals surface area contributed by atoms with Crippen molar-refractivity contribution in [1.82, 2.24) is 0 Å². The van der Waals surface area contributed by atoms with E-state index in [1.807, 2.05) is 13.8 Å². The van der Waals surface area contributed by atoms with Crippen molar-refractivity contribution < 1.29 is 19.3 Å². The van der Waals surface area contributed by atoms with Crippen molar-refractivity contribution in [3.05, 3.63) is 261 Å². The van der Waals surface area contributed by atoms with Gasteiger partial charge in [0.25, 0.3) is 0 Å². The molecular weight excluding hydrogens is 1480 g/mol. The van der Waals surface area contributed by atoms with Crippen molar-refractivity contribution in [2.75, 3.05) is 26.4 Å². The van der Waals surface area contributed by atoms with Gasteiger partial charge in [-0.25, -0.2) is 0 Å². The van der Waals surface area contributed by atoms with Gasteiger partial charge in [0.1, 0.15) is 17.2 Å². The minimum atomic E-state index is 0.0640. The molecule has 0 amide bonds.